The van der Waals surface area contributed by atoms with Gasteiger partial charge in [-0.2, -0.15) is 10.4 Å². The third-order valence-corrected chi connectivity index (χ3v) is 4.43. The number of aromatic nitrogens is 2. The number of aliphatic hydroxyl groups is 1. The number of aliphatic hydroxyl groups excluding tert-OH is 1. The van der Waals surface area contributed by atoms with Crippen LogP contribution in [-0.2, 0) is 0 Å². The number of β-amino-alcohol motifs (C(OH)–C–C–N with tert-alkyl or cyclic N) is 1. The van der Waals surface area contributed by atoms with Crippen molar-refractivity contribution in [3.8, 4) is 6.07 Å². The van der Waals surface area contributed by atoms with Gasteiger partial charge in [-0.1, -0.05) is 0 Å². The summed E-state index contributed by atoms with van der Waals surface area (Å²) in [7, 11) is 0. The van der Waals surface area contributed by atoms with Crippen LogP contribution in [0.3, 0.4) is 0 Å². The Morgan fingerprint density at radius 1 is 1.45 bits per heavy atom. The van der Waals surface area contributed by atoms with Gasteiger partial charge in [-0.05, 0) is 38.5 Å². The Hall–Kier alpha value is -1.74. The molecule has 0 radical (unpaired) electrons. The minimum Gasteiger partial charge on any atom is -0.391 e. The molecule has 0 aromatic carbocycles. The maximum absolute atomic E-state index is 9.80. The van der Waals surface area contributed by atoms with Gasteiger partial charge in [-0.3, -0.25) is 0 Å². The largest absolute Gasteiger partial charge is 0.391 e. The molecule has 1 saturated heterocycles. The maximum Gasteiger partial charge on any atom is 0.171 e. The summed E-state index contributed by atoms with van der Waals surface area (Å²) in [4.78, 5) is 1.99. The Balaban J connectivity index is 1.93. The number of nitrogens with zero attached hydrogens (tertiary/aromatic N) is 4. The van der Waals surface area contributed by atoms with Crippen LogP contribution >= 0.6 is 0 Å². The van der Waals surface area contributed by atoms with Crippen molar-refractivity contribution >= 4 is 11.6 Å². The molecule has 0 bridgehead atoms. The molecule has 108 valence electrons. The smallest absolute Gasteiger partial charge is 0.171 e. The van der Waals surface area contributed by atoms with Gasteiger partial charge in [0, 0.05) is 13.1 Å². The molecular formula is C14H21N5O. The Kier molecular flexibility index (Phi) is 3.30. The van der Waals surface area contributed by atoms with Gasteiger partial charge in [0.25, 0.3) is 0 Å². The average Bonchev–Trinajstić information content (AvgIpc) is 3.22. The highest BCUT2D eigenvalue weighted by molar-refractivity contribution is 5.65. The second-order valence-electron chi connectivity index (χ2n) is 5.96. The van der Waals surface area contributed by atoms with Crippen molar-refractivity contribution in [1.82, 2.24) is 9.78 Å². The molecule has 1 aliphatic carbocycles. The van der Waals surface area contributed by atoms with E-state index in [2.05, 4.69) is 18.1 Å². The van der Waals surface area contributed by atoms with Crippen LogP contribution in [0.2, 0.25) is 0 Å². The van der Waals surface area contributed by atoms with E-state index in [4.69, 9.17) is 5.73 Å². The van der Waals surface area contributed by atoms with E-state index in [1.807, 2.05) is 4.90 Å². The summed E-state index contributed by atoms with van der Waals surface area (Å²) < 4.78 is 1.80. The normalized spacial score (nSPS) is 24.4. The van der Waals surface area contributed by atoms with Gasteiger partial charge in [0.2, 0.25) is 0 Å². The van der Waals surface area contributed by atoms with Gasteiger partial charge in [0.05, 0.1) is 12.1 Å². The van der Waals surface area contributed by atoms with E-state index in [0.29, 0.717) is 29.7 Å². The summed E-state index contributed by atoms with van der Waals surface area (Å²) in [6.45, 7) is 3.46. The minimum atomic E-state index is -0.345. The highest BCUT2D eigenvalue weighted by Crippen LogP contribution is 2.41. The van der Waals surface area contributed by atoms with E-state index >= 15 is 0 Å². The second kappa shape index (κ2) is 4.98. The van der Waals surface area contributed by atoms with Crippen molar-refractivity contribution in [3.05, 3.63) is 5.56 Å². The first-order valence-corrected chi connectivity index (χ1v) is 7.33. The van der Waals surface area contributed by atoms with Crippen LogP contribution < -0.4 is 10.6 Å². The molecule has 1 aliphatic heterocycles. The maximum atomic E-state index is 9.80. The molecule has 2 fully saturated rings. The zero-order valence-corrected chi connectivity index (χ0v) is 11.8. The average molecular weight is 275 g/mol. The Bertz CT molecular complexity index is 542. The van der Waals surface area contributed by atoms with E-state index in [1.54, 1.807) is 4.68 Å². The Morgan fingerprint density at radius 2 is 2.20 bits per heavy atom. The van der Waals surface area contributed by atoms with E-state index in [0.717, 1.165) is 19.4 Å². The number of nitrogens with two attached hydrogens (primary N) is 1. The standard InChI is InChI=1S/C14H21N5O/c1-9(10-4-5-10)19-13(16)12(7-15)14(17-19)18-6-2-3-11(20)8-18/h9-11,20H,2-6,8,16H2,1H3. The Labute approximate surface area is 118 Å². The number of piperidine rings is 1. The molecule has 6 heteroatoms. The molecule has 3 N–H and O–H groups in total. The summed E-state index contributed by atoms with van der Waals surface area (Å²) in [6, 6.07) is 2.42. The molecule has 20 heavy (non-hydrogen) atoms. The number of anilines is 2. The number of nitriles is 1. The first-order valence-electron chi connectivity index (χ1n) is 7.33. The highest BCUT2D eigenvalue weighted by atomic mass is 16.3. The predicted octanol–water partition coefficient (Wildman–Crippen LogP) is 1.27. The second-order valence-corrected chi connectivity index (χ2v) is 5.96. The van der Waals surface area contributed by atoms with E-state index in [-0.39, 0.29) is 12.1 Å². The molecule has 1 saturated carbocycles. The first-order chi connectivity index (χ1) is 9.61. The number of rotatable bonds is 3. The van der Waals surface area contributed by atoms with Crippen LogP contribution in [0.15, 0.2) is 0 Å². The van der Waals surface area contributed by atoms with Crippen molar-refractivity contribution in [1.29, 1.82) is 5.26 Å². The molecule has 3 rings (SSSR count). The fourth-order valence-electron chi connectivity index (χ4n) is 3.00. The van der Waals surface area contributed by atoms with Crippen LogP contribution in [0.5, 0.6) is 0 Å². The fraction of sp³-hybridized carbons (Fsp3) is 0.714. The summed E-state index contributed by atoms with van der Waals surface area (Å²) >= 11 is 0. The zero-order chi connectivity index (χ0) is 14.3. The quantitative estimate of drug-likeness (QED) is 0.866. The molecule has 2 atom stereocenters. The van der Waals surface area contributed by atoms with Crippen molar-refractivity contribution in [3.63, 3.8) is 0 Å². The number of hydrogen-bond acceptors (Lipinski definition) is 5. The third kappa shape index (κ3) is 2.22. The SMILES string of the molecule is CC(C1CC1)n1nc(N2CCCC(O)C2)c(C#N)c1N. The molecule has 0 spiro atoms. The lowest BCUT2D eigenvalue weighted by Crippen LogP contribution is -2.38. The Morgan fingerprint density at radius 3 is 2.80 bits per heavy atom. The van der Waals surface area contributed by atoms with Gasteiger partial charge in [0.15, 0.2) is 5.82 Å². The van der Waals surface area contributed by atoms with E-state index < -0.39 is 0 Å². The minimum absolute atomic E-state index is 0.241. The molecule has 0 amide bonds. The lowest BCUT2D eigenvalue weighted by atomic mass is 10.1. The van der Waals surface area contributed by atoms with Crippen LogP contribution in [0.1, 0.15) is 44.2 Å². The first kappa shape index (κ1) is 13.3. The monoisotopic (exact) mass is 275 g/mol. The van der Waals surface area contributed by atoms with Crippen molar-refractivity contribution in [2.75, 3.05) is 23.7 Å². The van der Waals surface area contributed by atoms with Crippen molar-refractivity contribution in [2.45, 2.75) is 44.8 Å². The van der Waals surface area contributed by atoms with Crippen molar-refractivity contribution in [2.24, 2.45) is 5.92 Å². The van der Waals surface area contributed by atoms with Gasteiger partial charge >= 0.3 is 0 Å². The molecule has 1 aromatic heterocycles. The lowest BCUT2D eigenvalue weighted by molar-refractivity contribution is 0.153. The van der Waals surface area contributed by atoms with E-state index in [1.165, 1.54) is 12.8 Å². The predicted molar refractivity (Wildman–Crippen MR) is 76.2 cm³/mol. The van der Waals surface area contributed by atoms with Crippen LogP contribution in [0.4, 0.5) is 11.6 Å². The molecule has 1 aromatic rings. The topological polar surface area (TPSA) is 91.1 Å². The third-order valence-electron chi connectivity index (χ3n) is 4.43. The fourth-order valence-corrected chi connectivity index (χ4v) is 3.00. The van der Waals surface area contributed by atoms with Gasteiger partial charge < -0.3 is 15.7 Å². The van der Waals surface area contributed by atoms with Gasteiger partial charge in [-0.15, -0.1) is 0 Å². The number of hydrogen-bond donors (Lipinski definition) is 2. The molecule has 6 nitrogen and oxygen atoms in total. The number of nitrogen functional groups attached to an aromatic ring is 1. The van der Waals surface area contributed by atoms with Crippen molar-refractivity contribution < 1.29 is 5.11 Å². The molecule has 2 unspecified atom stereocenters. The van der Waals surface area contributed by atoms with Crippen LogP contribution in [-0.4, -0.2) is 34.1 Å². The van der Waals surface area contributed by atoms with Crippen LogP contribution in [0.25, 0.3) is 0 Å². The van der Waals surface area contributed by atoms with E-state index in [9.17, 15) is 10.4 Å². The van der Waals surface area contributed by atoms with Gasteiger partial charge in [-0.25, -0.2) is 4.68 Å². The molecule has 2 aliphatic rings. The van der Waals surface area contributed by atoms with Crippen LogP contribution in [0, 0.1) is 17.2 Å². The summed E-state index contributed by atoms with van der Waals surface area (Å²) in [5.41, 5.74) is 6.56. The lowest BCUT2D eigenvalue weighted by Gasteiger charge is -2.30. The summed E-state index contributed by atoms with van der Waals surface area (Å²) in [6.07, 6.45) is 3.80. The molecular weight excluding hydrogens is 254 g/mol. The van der Waals surface area contributed by atoms with Gasteiger partial charge in [0.1, 0.15) is 17.5 Å². The zero-order valence-electron chi connectivity index (χ0n) is 11.8. The highest BCUT2D eigenvalue weighted by Gasteiger charge is 2.33. The molecule has 2 heterocycles. The summed E-state index contributed by atoms with van der Waals surface area (Å²) in [5.74, 6) is 1.72. The summed E-state index contributed by atoms with van der Waals surface area (Å²) in [5, 5.41) is 23.8.